The van der Waals surface area contributed by atoms with Crippen molar-refractivity contribution < 1.29 is 27.9 Å². The van der Waals surface area contributed by atoms with Gasteiger partial charge in [-0.15, -0.1) is 0 Å². The van der Waals surface area contributed by atoms with E-state index in [1.54, 1.807) is 0 Å². The van der Waals surface area contributed by atoms with Gasteiger partial charge in [-0.05, 0) is 6.92 Å². The quantitative estimate of drug-likeness (QED) is 0.782. The van der Waals surface area contributed by atoms with Crippen molar-refractivity contribution in [2.75, 3.05) is 13.6 Å². The van der Waals surface area contributed by atoms with Crippen molar-refractivity contribution in [1.29, 1.82) is 0 Å². The number of carboxylic acid groups (broad SMARTS) is 1. The second-order valence-corrected chi connectivity index (χ2v) is 3.74. The number of halogens is 3. The third-order valence-electron chi connectivity index (χ3n) is 1.93. The van der Waals surface area contributed by atoms with Crippen LogP contribution in [-0.4, -0.2) is 47.8 Å². The van der Waals surface area contributed by atoms with E-state index in [-0.39, 0.29) is 6.42 Å². The summed E-state index contributed by atoms with van der Waals surface area (Å²) in [6.45, 7) is 0.999. The third kappa shape index (κ3) is 8.35. The smallest absolute Gasteiger partial charge is 0.390 e. The van der Waals surface area contributed by atoms with E-state index in [9.17, 15) is 22.8 Å². The molecule has 0 spiro atoms. The minimum atomic E-state index is -4.32. The average Bonchev–Trinajstić information content (AvgIpc) is 2.11. The number of hydrogen-bond acceptors (Lipinski definition) is 2. The van der Waals surface area contributed by atoms with Crippen LogP contribution in [0.5, 0.6) is 0 Å². The normalized spacial score (nSPS) is 13.0. The molecule has 100 valence electrons. The fourth-order valence-corrected chi connectivity index (χ4v) is 1.03. The summed E-state index contributed by atoms with van der Waals surface area (Å²) in [5.41, 5.74) is 0. The lowest BCUT2D eigenvalue weighted by atomic mass is 10.2. The maximum Gasteiger partial charge on any atom is 0.390 e. The predicted molar refractivity (Wildman–Crippen MR) is 53.5 cm³/mol. The molecule has 2 amide bonds. The summed E-state index contributed by atoms with van der Waals surface area (Å²) < 4.78 is 35.6. The molecule has 17 heavy (non-hydrogen) atoms. The number of rotatable bonds is 5. The Balaban J connectivity index is 4.01. The number of amides is 2. The summed E-state index contributed by atoms with van der Waals surface area (Å²) in [5.74, 6) is -1.09. The van der Waals surface area contributed by atoms with Gasteiger partial charge in [0.25, 0.3) is 0 Å². The molecule has 0 radical (unpaired) electrons. The Morgan fingerprint density at radius 2 is 1.94 bits per heavy atom. The van der Waals surface area contributed by atoms with Crippen molar-refractivity contribution in [2.24, 2.45) is 0 Å². The molecule has 5 nitrogen and oxygen atoms in total. The first kappa shape index (κ1) is 15.5. The van der Waals surface area contributed by atoms with E-state index in [0.717, 1.165) is 4.90 Å². The molecule has 0 saturated carbocycles. The molecule has 0 aromatic carbocycles. The van der Waals surface area contributed by atoms with Crippen molar-refractivity contribution in [3.8, 4) is 0 Å². The van der Waals surface area contributed by atoms with Crippen molar-refractivity contribution in [1.82, 2.24) is 10.2 Å². The molecule has 0 saturated heterocycles. The number of carbonyl (C=O) groups excluding carboxylic acids is 1. The monoisotopic (exact) mass is 256 g/mol. The lowest BCUT2D eigenvalue weighted by Gasteiger charge is -2.21. The molecule has 0 rings (SSSR count). The highest BCUT2D eigenvalue weighted by atomic mass is 19.4. The minimum Gasteiger partial charge on any atom is -0.481 e. The zero-order valence-corrected chi connectivity index (χ0v) is 9.54. The van der Waals surface area contributed by atoms with Gasteiger partial charge in [-0.1, -0.05) is 0 Å². The molecular formula is C9H15F3N2O3. The topological polar surface area (TPSA) is 69.6 Å². The lowest BCUT2D eigenvalue weighted by molar-refractivity contribution is -0.137. The number of aliphatic carboxylic acids is 1. The van der Waals surface area contributed by atoms with Crippen molar-refractivity contribution >= 4 is 12.0 Å². The Labute approximate surface area is 96.6 Å². The van der Waals surface area contributed by atoms with E-state index >= 15 is 0 Å². The van der Waals surface area contributed by atoms with E-state index in [2.05, 4.69) is 5.32 Å². The largest absolute Gasteiger partial charge is 0.481 e. The van der Waals surface area contributed by atoms with Gasteiger partial charge in [0.1, 0.15) is 0 Å². The number of alkyl halides is 3. The predicted octanol–water partition coefficient (Wildman–Crippen LogP) is 1.44. The molecule has 0 heterocycles. The molecule has 1 unspecified atom stereocenters. The molecule has 0 aliphatic heterocycles. The third-order valence-corrected chi connectivity index (χ3v) is 1.93. The minimum absolute atomic E-state index is 0.279. The van der Waals surface area contributed by atoms with E-state index in [0.29, 0.717) is 0 Å². The number of nitrogens with zero attached hydrogens (tertiary/aromatic N) is 1. The zero-order chi connectivity index (χ0) is 13.6. The van der Waals surface area contributed by atoms with Crippen LogP contribution in [0.15, 0.2) is 0 Å². The summed E-state index contributed by atoms with van der Waals surface area (Å²) in [6, 6.07) is -1.35. The Kier molecular flexibility index (Phi) is 5.77. The average molecular weight is 256 g/mol. The molecule has 8 heteroatoms. The Morgan fingerprint density at radius 1 is 1.41 bits per heavy atom. The van der Waals surface area contributed by atoms with Crippen molar-refractivity contribution in [2.45, 2.75) is 32.0 Å². The highest BCUT2D eigenvalue weighted by molar-refractivity contribution is 5.75. The molecule has 0 aromatic heterocycles. The zero-order valence-electron chi connectivity index (χ0n) is 9.54. The van der Waals surface area contributed by atoms with E-state index in [1.807, 2.05) is 0 Å². The van der Waals surface area contributed by atoms with Crippen LogP contribution in [0.25, 0.3) is 0 Å². The van der Waals surface area contributed by atoms with Crippen molar-refractivity contribution in [3.05, 3.63) is 0 Å². The van der Waals surface area contributed by atoms with Crippen LogP contribution in [0, 0.1) is 0 Å². The Morgan fingerprint density at radius 3 is 2.35 bits per heavy atom. The number of hydrogen-bond donors (Lipinski definition) is 2. The summed E-state index contributed by atoms with van der Waals surface area (Å²) in [6.07, 6.45) is -5.69. The molecule has 0 aromatic rings. The van der Waals surface area contributed by atoms with Gasteiger partial charge < -0.3 is 15.3 Å². The first-order chi connectivity index (χ1) is 7.61. The highest BCUT2D eigenvalue weighted by Gasteiger charge is 2.28. The fourth-order valence-electron chi connectivity index (χ4n) is 1.03. The first-order valence-corrected chi connectivity index (χ1v) is 4.92. The number of urea groups is 1. The van der Waals surface area contributed by atoms with Gasteiger partial charge in [-0.25, -0.2) is 4.79 Å². The maximum atomic E-state index is 11.9. The second-order valence-electron chi connectivity index (χ2n) is 3.74. The van der Waals surface area contributed by atoms with Crippen LogP contribution < -0.4 is 5.32 Å². The first-order valence-electron chi connectivity index (χ1n) is 4.92. The molecule has 1 atom stereocenters. The van der Waals surface area contributed by atoms with E-state index in [4.69, 9.17) is 5.11 Å². The van der Waals surface area contributed by atoms with Crippen LogP contribution in [0.1, 0.15) is 19.8 Å². The lowest BCUT2D eigenvalue weighted by Crippen LogP contribution is -2.43. The summed E-state index contributed by atoms with van der Waals surface area (Å²) >= 11 is 0. The second kappa shape index (κ2) is 6.31. The fraction of sp³-hybridized carbons (Fsp3) is 0.778. The standard InChI is InChI=1S/C9H15F3N2O3/c1-6(5-7(15)16)13-8(17)14(2)4-3-9(10,11)12/h6H,3-5H2,1-2H3,(H,13,17)(H,15,16). The van der Waals surface area contributed by atoms with Gasteiger partial charge in [0, 0.05) is 19.6 Å². The van der Waals surface area contributed by atoms with Gasteiger partial charge in [-0.3, -0.25) is 4.79 Å². The molecular weight excluding hydrogens is 241 g/mol. The molecule has 2 N–H and O–H groups in total. The van der Waals surface area contributed by atoms with E-state index < -0.39 is 37.2 Å². The number of carbonyl (C=O) groups is 2. The van der Waals surface area contributed by atoms with Gasteiger partial charge in [0.15, 0.2) is 0 Å². The highest BCUT2D eigenvalue weighted by Crippen LogP contribution is 2.19. The SMILES string of the molecule is CC(CC(=O)O)NC(=O)N(C)CCC(F)(F)F. The van der Waals surface area contributed by atoms with Crippen LogP contribution in [-0.2, 0) is 4.79 Å². The number of carboxylic acids is 1. The molecule has 0 fully saturated rings. The Bertz CT molecular complexity index is 281. The molecule has 0 bridgehead atoms. The van der Waals surface area contributed by atoms with Gasteiger partial charge in [0.05, 0.1) is 12.8 Å². The molecule has 0 aliphatic rings. The van der Waals surface area contributed by atoms with Crippen molar-refractivity contribution in [3.63, 3.8) is 0 Å². The van der Waals surface area contributed by atoms with Crippen LogP contribution in [0.3, 0.4) is 0 Å². The molecule has 0 aliphatic carbocycles. The maximum absolute atomic E-state index is 11.9. The summed E-state index contributed by atoms with van der Waals surface area (Å²) in [7, 11) is 1.22. The van der Waals surface area contributed by atoms with Gasteiger partial charge in [-0.2, -0.15) is 13.2 Å². The Hall–Kier alpha value is -1.47. The van der Waals surface area contributed by atoms with E-state index in [1.165, 1.54) is 14.0 Å². The summed E-state index contributed by atoms with van der Waals surface area (Å²) in [5, 5.41) is 10.7. The van der Waals surface area contributed by atoms with Crippen LogP contribution >= 0.6 is 0 Å². The van der Waals surface area contributed by atoms with Gasteiger partial charge in [0.2, 0.25) is 0 Å². The van der Waals surface area contributed by atoms with Crippen LogP contribution in [0.4, 0.5) is 18.0 Å². The van der Waals surface area contributed by atoms with Gasteiger partial charge >= 0.3 is 18.2 Å². The number of nitrogens with one attached hydrogen (secondary N) is 1. The summed E-state index contributed by atoms with van der Waals surface area (Å²) in [4.78, 5) is 22.5. The van der Waals surface area contributed by atoms with Crippen LogP contribution in [0.2, 0.25) is 0 Å².